The van der Waals surface area contributed by atoms with Crippen molar-refractivity contribution in [2.45, 2.75) is 14.7 Å². The third kappa shape index (κ3) is 3.01. The summed E-state index contributed by atoms with van der Waals surface area (Å²) in [6, 6.07) is 4.60. The maximum atomic E-state index is 11.5. The van der Waals surface area contributed by atoms with E-state index < -0.39 is 56.1 Å². The minimum Gasteiger partial charge on any atom is -0.299 e. The number of fused-ring (bicyclic) bond motifs is 1. The lowest BCUT2D eigenvalue weighted by atomic mass is 10.1. The molecule has 0 amide bonds. The van der Waals surface area contributed by atoms with Gasteiger partial charge in [-0.15, -0.1) is 0 Å². The fourth-order valence-corrected chi connectivity index (χ4v) is 5.60. The summed E-state index contributed by atoms with van der Waals surface area (Å²) in [5, 5.41) is -0.889. The Morgan fingerprint density at radius 1 is 0.652 bits per heavy atom. The molecule has 125 valence electrons. The molecule has 2 rings (SSSR count). The van der Waals surface area contributed by atoms with Gasteiger partial charge < -0.3 is 0 Å². The molecule has 0 aliphatic carbocycles. The molecule has 0 saturated heterocycles. The highest BCUT2D eigenvalue weighted by atomic mass is 32.2. The van der Waals surface area contributed by atoms with E-state index in [0.717, 1.165) is 12.1 Å². The van der Waals surface area contributed by atoms with Gasteiger partial charge in [0.25, 0.3) is 30.4 Å². The smallest absolute Gasteiger partial charge is 0.298 e. The van der Waals surface area contributed by atoms with Crippen molar-refractivity contribution in [1.82, 2.24) is 5.73 Å². The van der Waals surface area contributed by atoms with E-state index in [1.807, 2.05) is 0 Å². The SMILES string of the molecule is [NH]c1c(S(=O)(=O)O)c(S(=O)(=O)O)c(S(=O)(=O)O)c2ccccc12. The van der Waals surface area contributed by atoms with Crippen LogP contribution in [0.2, 0.25) is 0 Å². The molecule has 2 aromatic rings. The summed E-state index contributed by atoms with van der Waals surface area (Å²) < 4.78 is 96.6. The molecule has 0 fully saturated rings. The lowest BCUT2D eigenvalue weighted by molar-refractivity contribution is 0.457. The second kappa shape index (κ2) is 5.12. The highest BCUT2D eigenvalue weighted by Gasteiger charge is 2.37. The van der Waals surface area contributed by atoms with Gasteiger partial charge in [-0.05, 0) is 0 Å². The van der Waals surface area contributed by atoms with Gasteiger partial charge in [0.1, 0.15) is 14.7 Å². The van der Waals surface area contributed by atoms with E-state index in [1.165, 1.54) is 12.1 Å². The van der Waals surface area contributed by atoms with Gasteiger partial charge in [-0.3, -0.25) is 19.4 Å². The molecule has 10 nitrogen and oxygen atoms in total. The molecule has 0 bridgehead atoms. The van der Waals surface area contributed by atoms with Crippen molar-refractivity contribution in [3.63, 3.8) is 0 Å². The van der Waals surface area contributed by atoms with E-state index in [9.17, 15) is 34.4 Å². The normalized spacial score (nSPS) is 13.3. The van der Waals surface area contributed by atoms with Crippen molar-refractivity contribution in [2.75, 3.05) is 0 Å². The quantitative estimate of drug-likeness (QED) is 0.635. The van der Waals surface area contributed by atoms with Crippen molar-refractivity contribution >= 4 is 46.8 Å². The van der Waals surface area contributed by atoms with E-state index in [4.69, 9.17) is 10.3 Å². The van der Waals surface area contributed by atoms with E-state index in [0.29, 0.717) is 0 Å². The summed E-state index contributed by atoms with van der Waals surface area (Å²) in [5.74, 6) is 0. The molecule has 0 aromatic heterocycles. The molecular formula is C10H8NO9S3. The van der Waals surface area contributed by atoms with Crippen LogP contribution in [-0.4, -0.2) is 38.9 Å². The Bertz CT molecular complexity index is 1130. The van der Waals surface area contributed by atoms with Crippen LogP contribution < -0.4 is 5.73 Å². The minimum absolute atomic E-state index is 0.375. The van der Waals surface area contributed by atoms with Gasteiger partial charge in [0.2, 0.25) is 0 Å². The topological polar surface area (TPSA) is 187 Å². The van der Waals surface area contributed by atoms with Crippen molar-refractivity contribution in [3.05, 3.63) is 24.3 Å². The zero-order valence-corrected chi connectivity index (χ0v) is 13.3. The Labute approximate surface area is 130 Å². The highest BCUT2D eigenvalue weighted by Crippen LogP contribution is 2.40. The van der Waals surface area contributed by atoms with Crippen LogP contribution in [0.4, 0.5) is 5.69 Å². The van der Waals surface area contributed by atoms with Gasteiger partial charge in [0.15, 0.2) is 0 Å². The minimum atomic E-state index is -5.54. The standard InChI is InChI=1S/C10H8NO9S3/c11-7-5-3-1-2-4-6(5)8(21(12,13)14)10(23(18,19)20)9(7)22(15,16)17/h1-4,11H,(H,12,13,14)(H,15,16,17)(H,18,19,20). The first kappa shape index (κ1) is 17.6. The van der Waals surface area contributed by atoms with Gasteiger partial charge >= 0.3 is 0 Å². The predicted molar refractivity (Wildman–Crippen MR) is 76.1 cm³/mol. The van der Waals surface area contributed by atoms with Gasteiger partial charge in [-0.25, -0.2) is 0 Å². The maximum absolute atomic E-state index is 11.5. The Morgan fingerprint density at radius 2 is 1.04 bits per heavy atom. The third-order valence-electron chi connectivity index (χ3n) is 2.85. The molecule has 0 spiro atoms. The largest absolute Gasteiger partial charge is 0.299 e. The first-order valence-electron chi connectivity index (χ1n) is 5.49. The maximum Gasteiger partial charge on any atom is 0.298 e. The molecule has 13 heteroatoms. The second-order valence-corrected chi connectivity index (χ2v) is 8.41. The molecule has 0 aliphatic rings. The molecule has 0 unspecified atom stereocenters. The van der Waals surface area contributed by atoms with E-state index in [-0.39, 0.29) is 5.39 Å². The lowest BCUT2D eigenvalue weighted by Gasteiger charge is -2.14. The molecule has 0 aliphatic heterocycles. The van der Waals surface area contributed by atoms with Crippen LogP contribution in [-0.2, 0) is 30.4 Å². The molecule has 1 radical (unpaired) electrons. The van der Waals surface area contributed by atoms with Crippen LogP contribution in [0.25, 0.3) is 10.8 Å². The second-order valence-electron chi connectivity index (χ2n) is 4.33. The molecule has 2 aromatic carbocycles. The molecule has 23 heavy (non-hydrogen) atoms. The van der Waals surface area contributed by atoms with Gasteiger partial charge in [0, 0.05) is 10.8 Å². The average molecular weight is 382 g/mol. The number of hydrogen-bond donors (Lipinski definition) is 3. The predicted octanol–water partition coefficient (Wildman–Crippen LogP) is 0.494. The van der Waals surface area contributed by atoms with Crippen LogP contribution in [0.15, 0.2) is 39.0 Å². The Morgan fingerprint density at radius 3 is 1.43 bits per heavy atom. The highest BCUT2D eigenvalue weighted by molar-refractivity contribution is 7.90. The number of benzene rings is 2. The fourth-order valence-electron chi connectivity index (χ4n) is 2.10. The lowest BCUT2D eigenvalue weighted by Crippen LogP contribution is -2.16. The summed E-state index contributed by atoms with van der Waals surface area (Å²) in [5.41, 5.74) is 6.67. The summed E-state index contributed by atoms with van der Waals surface area (Å²) in [4.78, 5) is -4.88. The van der Waals surface area contributed by atoms with Crippen LogP contribution in [0.1, 0.15) is 0 Å². The van der Waals surface area contributed by atoms with Gasteiger partial charge in [0.05, 0.1) is 5.69 Å². The van der Waals surface area contributed by atoms with E-state index >= 15 is 0 Å². The van der Waals surface area contributed by atoms with Crippen LogP contribution in [0.3, 0.4) is 0 Å². The first-order valence-corrected chi connectivity index (χ1v) is 9.81. The first-order chi connectivity index (χ1) is 10.3. The molecule has 0 heterocycles. The van der Waals surface area contributed by atoms with E-state index in [2.05, 4.69) is 0 Å². The monoisotopic (exact) mass is 382 g/mol. The summed E-state index contributed by atoms with van der Waals surface area (Å²) in [6.45, 7) is 0. The average Bonchev–Trinajstić information content (AvgIpc) is 2.34. The third-order valence-corrected chi connectivity index (χ3v) is 5.90. The van der Waals surface area contributed by atoms with E-state index in [1.54, 1.807) is 0 Å². The summed E-state index contributed by atoms with van der Waals surface area (Å²) in [6.07, 6.45) is 0. The Kier molecular flexibility index (Phi) is 3.91. The number of hydrogen-bond acceptors (Lipinski definition) is 6. The number of rotatable bonds is 3. The molecule has 0 atom stereocenters. The zero-order chi connectivity index (χ0) is 17.8. The fraction of sp³-hybridized carbons (Fsp3) is 0. The molecular weight excluding hydrogens is 374 g/mol. The zero-order valence-electron chi connectivity index (χ0n) is 10.8. The van der Waals surface area contributed by atoms with Crippen molar-refractivity contribution < 1.29 is 38.9 Å². The number of nitrogens with one attached hydrogen (secondary N) is 1. The van der Waals surface area contributed by atoms with Crippen molar-refractivity contribution in [3.8, 4) is 0 Å². The van der Waals surface area contributed by atoms with Gasteiger partial charge in [-0.2, -0.15) is 25.3 Å². The molecule has 0 saturated carbocycles. The van der Waals surface area contributed by atoms with Crippen molar-refractivity contribution in [2.24, 2.45) is 0 Å². The van der Waals surface area contributed by atoms with Crippen LogP contribution in [0.5, 0.6) is 0 Å². The van der Waals surface area contributed by atoms with Crippen LogP contribution >= 0.6 is 0 Å². The van der Waals surface area contributed by atoms with Crippen molar-refractivity contribution in [1.29, 1.82) is 0 Å². The van der Waals surface area contributed by atoms with Crippen LogP contribution in [0, 0.1) is 0 Å². The Balaban J connectivity index is 3.43. The summed E-state index contributed by atoms with van der Waals surface area (Å²) in [7, 11) is -16.3. The Hall–Kier alpha value is -1.77. The van der Waals surface area contributed by atoms with Gasteiger partial charge in [-0.1, -0.05) is 24.3 Å². The molecule has 4 N–H and O–H groups in total. The summed E-state index contributed by atoms with van der Waals surface area (Å²) >= 11 is 0.